The molecule has 1 fully saturated rings. The number of rotatable bonds is 3. The molecule has 1 atom stereocenters. The molecule has 9 heteroatoms. The molecule has 6 nitrogen and oxygen atoms in total. The minimum absolute atomic E-state index is 0.0912. The van der Waals surface area contributed by atoms with E-state index in [1.807, 2.05) is 0 Å². The fraction of sp³-hybridized carbons (Fsp3) is 0.389. The first kappa shape index (κ1) is 18.9. The number of H-pyrrole nitrogens is 1. The van der Waals surface area contributed by atoms with Crippen LogP contribution in [-0.4, -0.2) is 44.9 Å². The van der Waals surface area contributed by atoms with Crippen LogP contribution in [0.1, 0.15) is 34.6 Å². The Kier molecular flexibility index (Phi) is 4.95. The molecule has 2 aromatic rings. The van der Waals surface area contributed by atoms with E-state index in [2.05, 4.69) is 9.97 Å². The molecular weight excluding hydrogens is 363 g/mol. The highest BCUT2D eigenvalue weighted by Gasteiger charge is 2.32. The fourth-order valence-corrected chi connectivity index (χ4v) is 3.16. The van der Waals surface area contributed by atoms with Gasteiger partial charge in [-0.3, -0.25) is 9.59 Å². The van der Waals surface area contributed by atoms with E-state index in [4.69, 9.17) is 5.11 Å². The zero-order valence-corrected chi connectivity index (χ0v) is 14.5. The summed E-state index contributed by atoms with van der Waals surface area (Å²) in [5.74, 6) is -1.83. The number of hydrogen-bond acceptors (Lipinski definition) is 3. The lowest BCUT2D eigenvalue weighted by Gasteiger charge is -2.30. The molecule has 2 N–H and O–H groups in total. The molecule has 1 aromatic heterocycles. The zero-order valence-electron chi connectivity index (χ0n) is 14.5. The number of hydrogen-bond donors (Lipinski definition) is 2. The third-order valence-electron chi connectivity index (χ3n) is 4.61. The third-order valence-corrected chi connectivity index (χ3v) is 4.61. The van der Waals surface area contributed by atoms with E-state index in [-0.39, 0.29) is 23.6 Å². The Morgan fingerprint density at radius 3 is 2.74 bits per heavy atom. The molecule has 0 spiro atoms. The van der Waals surface area contributed by atoms with Gasteiger partial charge in [-0.1, -0.05) is 12.1 Å². The average Bonchev–Trinajstić information content (AvgIpc) is 3.02. The van der Waals surface area contributed by atoms with Gasteiger partial charge in [-0.05, 0) is 31.9 Å². The molecule has 1 aliphatic rings. The lowest BCUT2D eigenvalue weighted by Crippen LogP contribution is -2.42. The maximum Gasteiger partial charge on any atom is 0.416 e. The Labute approximate surface area is 153 Å². The summed E-state index contributed by atoms with van der Waals surface area (Å²) in [7, 11) is 0. The second-order valence-electron chi connectivity index (χ2n) is 6.57. The van der Waals surface area contributed by atoms with Crippen LogP contribution in [0.15, 0.2) is 24.3 Å². The first-order valence-corrected chi connectivity index (χ1v) is 8.43. The molecule has 0 bridgehead atoms. The van der Waals surface area contributed by atoms with Crippen molar-refractivity contribution in [1.29, 1.82) is 0 Å². The summed E-state index contributed by atoms with van der Waals surface area (Å²) in [6.45, 7) is 2.13. The van der Waals surface area contributed by atoms with Crippen LogP contribution in [0.4, 0.5) is 13.2 Å². The summed E-state index contributed by atoms with van der Waals surface area (Å²) in [5, 5.41) is 9.16. The van der Waals surface area contributed by atoms with E-state index < -0.39 is 29.5 Å². The van der Waals surface area contributed by atoms with Crippen LogP contribution in [-0.2, 0) is 11.0 Å². The van der Waals surface area contributed by atoms with Gasteiger partial charge in [0.2, 0.25) is 0 Å². The quantitative estimate of drug-likeness (QED) is 0.854. The average molecular weight is 381 g/mol. The summed E-state index contributed by atoms with van der Waals surface area (Å²) in [6.07, 6.45) is -3.39. The number of benzene rings is 1. The number of aromatic amines is 1. The second-order valence-corrected chi connectivity index (χ2v) is 6.57. The first-order chi connectivity index (χ1) is 12.7. The number of amides is 1. The van der Waals surface area contributed by atoms with Crippen LogP contribution >= 0.6 is 0 Å². The van der Waals surface area contributed by atoms with Crippen molar-refractivity contribution in [2.45, 2.75) is 25.9 Å². The zero-order chi connectivity index (χ0) is 19.8. The van der Waals surface area contributed by atoms with Gasteiger partial charge in [0.1, 0.15) is 11.5 Å². The second kappa shape index (κ2) is 7.05. The molecule has 3 rings (SSSR count). The predicted octanol–water partition coefficient (Wildman–Crippen LogP) is 3.34. The molecule has 0 saturated carbocycles. The van der Waals surface area contributed by atoms with Crippen molar-refractivity contribution < 1.29 is 27.9 Å². The van der Waals surface area contributed by atoms with Gasteiger partial charge in [0.05, 0.1) is 11.5 Å². The van der Waals surface area contributed by atoms with Crippen molar-refractivity contribution in [2.75, 3.05) is 13.1 Å². The molecule has 0 radical (unpaired) electrons. The highest BCUT2D eigenvalue weighted by molar-refractivity contribution is 5.94. The van der Waals surface area contributed by atoms with Gasteiger partial charge < -0.3 is 15.0 Å². The van der Waals surface area contributed by atoms with E-state index in [1.165, 1.54) is 17.0 Å². The number of piperidine rings is 1. The first-order valence-electron chi connectivity index (χ1n) is 8.43. The lowest BCUT2D eigenvalue weighted by molar-refractivity contribution is -0.143. The maximum atomic E-state index is 12.9. The van der Waals surface area contributed by atoms with E-state index >= 15 is 0 Å². The molecular formula is C18H18F3N3O3. The minimum atomic E-state index is -4.48. The number of aromatic nitrogens is 2. The van der Waals surface area contributed by atoms with Gasteiger partial charge in [0, 0.05) is 24.3 Å². The Hall–Kier alpha value is -2.84. The summed E-state index contributed by atoms with van der Waals surface area (Å²) in [6, 6.07) is 4.68. The van der Waals surface area contributed by atoms with Crippen LogP contribution < -0.4 is 0 Å². The SMILES string of the molecule is Cc1[nH]c(-c2cccc(C(F)(F)F)c2)nc1C(=O)N1CCCC(C(=O)O)C1. The number of imidazole rings is 1. The lowest BCUT2D eigenvalue weighted by atomic mass is 9.98. The Morgan fingerprint density at radius 2 is 2.07 bits per heavy atom. The van der Waals surface area contributed by atoms with Gasteiger partial charge in [-0.25, -0.2) is 4.98 Å². The molecule has 1 aromatic carbocycles. The summed E-state index contributed by atoms with van der Waals surface area (Å²) < 4.78 is 38.7. The third kappa shape index (κ3) is 3.96. The molecule has 0 aliphatic carbocycles. The summed E-state index contributed by atoms with van der Waals surface area (Å²) >= 11 is 0. The molecule has 144 valence electrons. The van der Waals surface area contributed by atoms with Gasteiger partial charge >= 0.3 is 12.1 Å². The summed E-state index contributed by atoms with van der Waals surface area (Å²) in [5.41, 5.74) is -0.0744. The number of carboxylic acids is 1. The van der Waals surface area contributed by atoms with E-state index in [1.54, 1.807) is 6.92 Å². The maximum absolute atomic E-state index is 12.9. The molecule has 27 heavy (non-hydrogen) atoms. The largest absolute Gasteiger partial charge is 0.481 e. The van der Waals surface area contributed by atoms with Crippen LogP contribution in [0.3, 0.4) is 0 Å². The number of carboxylic acid groups (broad SMARTS) is 1. The summed E-state index contributed by atoms with van der Waals surface area (Å²) in [4.78, 5) is 32.4. The van der Waals surface area contributed by atoms with Crippen LogP contribution in [0.5, 0.6) is 0 Å². The van der Waals surface area contributed by atoms with E-state index in [9.17, 15) is 22.8 Å². The number of carbonyl (C=O) groups excluding carboxylic acids is 1. The predicted molar refractivity (Wildman–Crippen MR) is 90.0 cm³/mol. The minimum Gasteiger partial charge on any atom is -0.481 e. The molecule has 1 aliphatic heterocycles. The monoisotopic (exact) mass is 381 g/mol. The number of likely N-dealkylation sites (tertiary alicyclic amines) is 1. The topological polar surface area (TPSA) is 86.3 Å². The van der Waals surface area contributed by atoms with Crippen LogP contribution in [0, 0.1) is 12.8 Å². The van der Waals surface area contributed by atoms with Crippen molar-refractivity contribution >= 4 is 11.9 Å². The number of carbonyl (C=O) groups is 2. The Morgan fingerprint density at radius 1 is 1.33 bits per heavy atom. The number of halogens is 3. The van der Waals surface area contributed by atoms with Crippen molar-refractivity contribution in [3.63, 3.8) is 0 Å². The van der Waals surface area contributed by atoms with E-state index in [0.717, 1.165) is 12.1 Å². The van der Waals surface area contributed by atoms with Gasteiger partial charge in [-0.15, -0.1) is 0 Å². The highest BCUT2D eigenvalue weighted by Crippen LogP contribution is 2.32. The van der Waals surface area contributed by atoms with Crippen molar-refractivity contribution in [1.82, 2.24) is 14.9 Å². The van der Waals surface area contributed by atoms with E-state index in [0.29, 0.717) is 25.1 Å². The Bertz CT molecular complexity index is 876. The molecule has 2 heterocycles. The number of nitrogens with zero attached hydrogens (tertiary/aromatic N) is 2. The number of aliphatic carboxylic acids is 1. The standard InChI is InChI=1S/C18H18F3N3O3/c1-10-14(16(25)24-7-3-5-12(9-24)17(26)27)23-15(22-10)11-4-2-6-13(8-11)18(19,20)21/h2,4,6,8,12H,3,5,7,9H2,1H3,(H,22,23)(H,26,27). The normalized spacial score (nSPS) is 17.8. The highest BCUT2D eigenvalue weighted by atomic mass is 19.4. The van der Waals surface area contributed by atoms with Crippen molar-refractivity contribution in [3.8, 4) is 11.4 Å². The number of alkyl halides is 3. The van der Waals surface area contributed by atoms with Gasteiger partial charge in [0.15, 0.2) is 0 Å². The van der Waals surface area contributed by atoms with Crippen molar-refractivity contribution in [2.24, 2.45) is 5.92 Å². The number of nitrogens with one attached hydrogen (secondary N) is 1. The smallest absolute Gasteiger partial charge is 0.416 e. The van der Waals surface area contributed by atoms with Crippen molar-refractivity contribution in [3.05, 3.63) is 41.2 Å². The fourth-order valence-electron chi connectivity index (χ4n) is 3.16. The van der Waals surface area contributed by atoms with Crippen LogP contribution in [0.2, 0.25) is 0 Å². The van der Waals surface area contributed by atoms with Gasteiger partial charge in [-0.2, -0.15) is 13.2 Å². The Balaban J connectivity index is 1.86. The van der Waals surface area contributed by atoms with Crippen LogP contribution in [0.25, 0.3) is 11.4 Å². The molecule has 1 saturated heterocycles. The number of aryl methyl sites for hydroxylation is 1. The van der Waals surface area contributed by atoms with Gasteiger partial charge in [0.25, 0.3) is 5.91 Å². The molecule has 1 amide bonds. The molecule has 1 unspecified atom stereocenters.